The van der Waals surface area contributed by atoms with Crippen LogP contribution in [0, 0.1) is 11.3 Å². The van der Waals surface area contributed by atoms with E-state index in [0.717, 1.165) is 32.5 Å². The second-order valence-corrected chi connectivity index (χ2v) is 7.52. The van der Waals surface area contributed by atoms with Crippen LogP contribution in [0.2, 0.25) is 0 Å². The second kappa shape index (κ2) is 8.35. The summed E-state index contributed by atoms with van der Waals surface area (Å²) in [6, 6.07) is 0.361. The number of nitrogens with zero attached hydrogens (tertiary/aromatic N) is 1. The zero-order valence-corrected chi connectivity index (χ0v) is 14.3. The Balaban J connectivity index is 2.48. The minimum Gasteiger partial charge on any atom is -0.391 e. The van der Waals surface area contributed by atoms with Gasteiger partial charge >= 0.3 is 0 Å². The second-order valence-electron chi connectivity index (χ2n) is 7.52. The zero-order valence-electron chi connectivity index (χ0n) is 14.3. The Morgan fingerprint density at radius 1 is 1.30 bits per heavy atom. The lowest BCUT2D eigenvalue weighted by molar-refractivity contribution is 0.0139. The molecule has 0 aromatic carbocycles. The maximum Gasteiger partial charge on any atom is 0.0695 e. The smallest absolute Gasteiger partial charge is 0.0695 e. The van der Waals surface area contributed by atoms with Gasteiger partial charge in [0.25, 0.3) is 0 Å². The first-order chi connectivity index (χ1) is 9.38. The molecule has 0 bridgehead atoms. The number of hydrogen-bond donors (Lipinski definition) is 2. The lowest BCUT2D eigenvalue weighted by atomic mass is 9.84. The molecule has 0 spiro atoms. The van der Waals surface area contributed by atoms with Crippen molar-refractivity contribution in [1.29, 1.82) is 0 Å². The van der Waals surface area contributed by atoms with Gasteiger partial charge in [-0.05, 0) is 44.2 Å². The van der Waals surface area contributed by atoms with Crippen LogP contribution in [0.4, 0.5) is 0 Å². The topological polar surface area (TPSA) is 35.5 Å². The Morgan fingerprint density at radius 2 is 1.95 bits per heavy atom. The third-order valence-corrected chi connectivity index (χ3v) is 4.85. The molecule has 2 N–H and O–H groups in total. The first kappa shape index (κ1) is 17.9. The fourth-order valence-electron chi connectivity index (χ4n) is 3.28. The van der Waals surface area contributed by atoms with Gasteiger partial charge in [0.15, 0.2) is 0 Å². The molecule has 0 heterocycles. The van der Waals surface area contributed by atoms with Crippen molar-refractivity contribution in [1.82, 2.24) is 10.2 Å². The maximum absolute atomic E-state index is 10.2. The fourth-order valence-corrected chi connectivity index (χ4v) is 3.28. The first-order valence-electron chi connectivity index (χ1n) is 8.47. The van der Waals surface area contributed by atoms with Gasteiger partial charge < -0.3 is 15.3 Å². The molecule has 0 aromatic heterocycles. The van der Waals surface area contributed by atoms with Gasteiger partial charge in [0.05, 0.1) is 6.10 Å². The van der Waals surface area contributed by atoms with Crippen molar-refractivity contribution in [3.8, 4) is 0 Å². The van der Waals surface area contributed by atoms with Gasteiger partial charge in [-0.15, -0.1) is 0 Å². The van der Waals surface area contributed by atoms with Gasteiger partial charge in [0.2, 0.25) is 0 Å². The van der Waals surface area contributed by atoms with Crippen molar-refractivity contribution in [2.24, 2.45) is 11.3 Å². The highest BCUT2D eigenvalue weighted by Gasteiger charge is 2.31. The number of hydrogen-bond acceptors (Lipinski definition) is 3. The van der Waals surface area contributed by atoms with Gasteiger partial charge in [0.1, 0.15) is 0 Å². The minimum absolute atomic E-state index is 0.126. The molecule has 120 valence electrons. The molecular weight excluding hydrogens is 248 g/mol. The van der Waals surface area contributed by atoms with E-state index in [4.69, 9.17) is 0 Å². The Hall–Kier alpha value is -0.120. The van der Waals surface area contributed by atoms with Crippen molar-refractivity contribution >= 4 is 0 Å². The van der Waals surface area contributed by atoms with Gasteiger partial charge in [-0.2, -0.15) is 0 Å². The predicted molar refractivity (Wildman–Crippen MR) is 87.0 cm³/mol. The third-order valence-electron chi connectivity index (χ3n) is 4.85. The maximum atomic E-state index is 10.2. The molecular formula is C17H36N2O. The SMILES string of the molecule is CCC(C)(CNCC(C)C)CN(C)C1CCCCC1O. The summed E-state index contributed by atoms with van der Waals surface area (Å²) in [6.07, 6.45) is 5.62. The molecule has 1 aliphatic carbocycles. The van der Waals surface area contributed by atoms with Crippen molar-refractivity contribution in [3.63, 3.8) is 0 Å². The first-order valence-corrected chi connectivity index (χ1v) is 8.47. The Bertz CT molecular complexity index is 270. The molecule has 0 amide bonds. The van der Waals surface area contributed by atoms with Gasteiger partial charge in [-0.25, -0.2) is 0 Å². The number of aliphatic hydroxyl groups is 1. The summed E-state index contributed by atoms with van der Waals surface area (Å²) < 4.78 is 0. The zero-order chi connectivity index (χ0) is 15.2. The number of aliphatic hydroxyl groups excluding tert-OH is 1. The van der Waals surface area contributed by atoms with Crippen LogP contribution in [0.1, 0.15) is 59.8 Å². The normalized spacial score (nSPS) is 27.0. The highest BCUT2D eigenvalue weighted by molar-refractivity contribution is 4.86. The van der Waals surface area contributed by atoms with Crippen LogP contribution in [0.3, 0.4) is 0 Å². The number of likely N-dealkylation sites (N-methyl/N-ethyl adjacent to an activating group) is 1. The molecule has 1 fully saturated rings. The summed E-state index contributed by atoms with van der Waals surface area (Å²) in [5.41, 5.74) is 0.292. The molecule has 3 heteroatoms. The van der Waals surface area contributed by atoms with Crippen molar-refractivity contribution in [2.45, 2.75) is 71.9 Å². The van der Waals surface area contributed by atoms with Crippen molar-refractivity contribution < 1.29 is 5.11 Å². The van der Waals surface area contributed by atoms with Crippen LogP contribution >= 0.6 is 0 Å². The lowest BCUT2D eigenvalue weighted by Gasteiger charge is -2.40. The fraction of sp³-hybridized carbons (Fsp3) is 1.00. The van der Waals surface area contributed by atoms with Crippen LogP contribution < -0.4 is 5.32 Å². The van der Waals surface area contributed by atoms with E-state index in [2.05, 4.69) is 45.0 Å². The van der Waals surface area contributed by atoms with Gasteiger partial charge in [-0.1, -0.05) is 40.5 Å². The van der Waals surface area contributed by atoms with Crippen LogP contribution in [0.25, 0.3) is 0 Å². The summed E-state index contributed by atoms with van der Waals surface area (Å²) in [5.74, 6) is 0.703. The quantitative estimate of drug-likeness (QED) is 0.719. The molecule has 3 nitrogen and oxygen atoms in total. The Kier molecular flexibility index (Phi) is 7.49. The van der Waals surface area contributed by atoms with Gasteiger partial charge in [0, 0.05) is 19.1 Å². The van der Waals surface area contributed by atoms with Crippen LogP contribution in [-0.4, -0.2) is 48.8 Å². The molecule has 0 saturated heterocycles. The van der Waals surface area contributed by atoms with E-state index in [1.165, 1.54) is 19.3 Å². The van der Waals surface area contributed by atoms with Crippen molar-refractivity contribution in [3.05, 3.63) is 0 Å². The molecule has 20 heavy (non-hydrogen) atoms. The van der Waals surface area contributed by atoms with Crippen LogP contribution in [-0.2, 0) is 0 Å². The minimum atomic E-state index is -0.126. The van der Waals surface area contributed by atoms with Crippen LogP contribution in [0.5, 0.6) is 0 Å². The summed E-state index contributed by atoms with van der Waals surface area (Å²) in [4.78, 5) is 2.41. The molecule has 3 atom stereocenters. The molecule has 0 aromatic rings. The predicted octanol–water partition coefficient (Wildman–Crippen LogP) is 2.88. The summed E-state index contributed by atoms with van der Waals surface area (Å²) >= 11 is 0. The molecule has 0 radical (unpaired) electrons. The molecule has 1 saturated carbocycles. The average Bonchev–Trinajstić information content (AvgIpc) is 2.38. The lowest BCUT2D eigenvalue weighted by Crippen LogP contribution is -2.49. The largest absolute Gasteiger partial charge is 0.391 e. The number of nitrogens with one attached hydrogen (secondary N) is 1. The summed E-state index contributed by atoms with van der Waals surface area (Å²) in [5, 5.41) is 13.8. The van der Waals surface area contributed by atoms with E-state index in [1.54, 1.807) is 0 Å². The molecule has 0 aliphatic heterocycles. The molecule has 3 unspecified atom stereocenters. The third kappa shape index (κ3) is 5.71. The average molecular weight is 284 g/mol. The Morgan fingerprint density at radius 3 is 2.50 bits per heavy atom. The Labute approximate surface area is 126 Å². The van der Waals surface area contributed by atoms with E-state index >= 15 is 0 Å². The van der Waals surface area contributed by atoms with E-state index in [9.17, 15) is 5.11 Å². The highest BCUT2D eigenvalue weighted by atomic mass is 16.3. The van der Waals surface area contributed by atoms with Crippen molar-refractivity contribution in [2.75, 3.05) is 26.7 Å². The summed E-state index contributed by atoms with van der Waals surface area (Å²) in [7, 11) is 2.19. The van der Waals surface area contributed by atoms with E-state index in [-0.39, 0.29) is 6.10 Å². The monoisotopic (exact) mass is 284 g/mol. The highest BCUT2D eigenvalue weighted by Crippen LogP contribution is 2.27. The standard InChI is InChI=1S/C17H36N2O/c1-6-17(4,12-18-11-14(2)3)13-19(5)15-9-7-8-10-16(15)20/h14-16,18,20H,6-13H2,1-5H3. The van der Waals surface area contributed by atoms with E-state index < -0.39 is 0 Å². The molecule has 1 aliphatic rings. The van der Waals surface area contributed by atoms with E-state index in [1.807, 2.05) is 0 Å². The molecule has 1 rings (SSSR count). The summed E-state index contributed by atoms with van der Waals surface area (Å²) in [6.45, 7) is 12.4. The van der Waals surface area contributed by atoms with Gasteiger partial charge in [-0.3, -0.25) is 0 Å². The van der Waals surface area contributed by atoms with Crippen LogP contribution in [0.15, 0.2) is 0 Å². The van der Waals surface area contributed by atoms with E-state index in [0.29, 0.717) is 17.4 Å². The number of rotatable bonds is 8.